The summed E-state index contributed by atoms with van der Waals surface area (Å²) in [7, 11) is -2.51. The third-order valence-electron chi connectivity index (χ3n) is 4.13. The van der Waals surface area contributed by atoms with Gasteiger partial charge in [-0.2, -0.15) is 0 Å². The number of amides is 1. The number of ether oxygens (including phenoxy) is 1. The molecule has 3 rings (SSSR count). The first-order valence-corrected chi connectivity index (χ1v) is 11.0. The maximum absolute atomic E-state index is 13.3. The number of benzene rings is 3. The van der Waals surface area contributed by atoms with E-state index < -0.39 is 22.5 Å². The van der Waals surface area contributed by atoms with Crippen LogP contribution < -0.4 is 14.4 Å². The summed E-state index contributed by atoms with van der Waals surface area (Å²) in [6, 6.07) is 18.9. The highest BCUT2D eigenvalue weighted by molar-refractivity contribution is 7.92. The molecule has 3 aromatic rings. The van der Waals surface area contributed by atoms with Crippen LogP contribution in [0.15, 0.2) is 77.7 Å². The second-order valence-corrected chi connectivity index (χ2v) is 8.96. The van der Waals surface area contributed by atoms with Gasteiger partial charge in [-0.3, -0.25) is 9.10 Å². The molecule has 1 amide bonds. The first-order valence-electron chi connectivity index (χ1n) is 8.77. The van der Waals surface area contributed by atoms with Crippen molar-refractivity contribution >= 4 is 50.5 Å². The number of nitrogens with zero attached hydrogens (tertiary/aromatic N) is 1. The Morgan fingerprint density at radius 2 is 1.57 bits per heavy atom. The molecule has 0 atom stereocenters. The topological polar surface area (TPSA) is 75.7 Å². The second-order valence-electron chi connectivity index (χ2n) is 6.23. The van der Waals surface area contributed by atoms with E-state index in [0.717, 1.165) is 4.31 Å². The third kappa shape index (κ3) is 5.24. The predicted octanol–water partition coefficient (Wildman–Crippen LogP) is 4.84. The molecular weight excluding hydrogens is 447 g/mol. The van der Waals surface area contributed by atoms with Gasteiger partial charge >= 0.3 is 0 Å². The standard InChI is InChI=1S/C21H18Cl2N2O4S/c1-29-19-9-7-17(8-10-19)24-21(26)14-25(18-12-15(22)11-16(23)13-18)30(27,28)20-5-3-2-4-6-20/h2-13H,14H2,1H3,(H,24,26). The molecule has 0 fully saturated rings. The average molecular weight is 465 g/mol. The third-order valence-corrected chi connectivity index (χ3v) is 6.35. The quantitative estimate of drug-likeness (QED) is 0.542. The van der Waals surface area contributed by atoms with Crippen molar-refractivity contribution in [2.24, 2.45) is 0 Å². The molecule has 6 nitrogen and oxygen atoms in total. The van der Waals surface area contributed by atoms with Crippen LogP contribution in [0.3, 0.4) is 0 Å². The number of sulfonamides is 1. The van der Waals surface area contributed by atoms with Crippen molar-refractivity contribution in [1.82, 2.24) is 0 Å². The van der Waals surface area contributed by atoms with E-state index in [4.69, 9.17) is 27.9 Å². The molecular formula is C21H18Cl2N2O4S. The Labute approximate surface area is 185 Å². The van der Waals surface area contributed by atoms with E-state index in [1.807, 2.05) is 0 Å². The van der Waals surface area contributed by atoms with Crippen LogP contribution in [0.2, 0.25) is 10.0 Å². The molecule has 0 aliphatic carbocycles. The van der Waals surface area contributed by atoms with Crippen molar-refractivity contribution in [3.8, 4) is 5.75 Å². The Bertz CT molecular complexity index is 1120. The normalized spacial score (nSPS) is 11.0. The van der Waals surface area contributed by atoms with Gasteiger partial charge in [0.05, 0.1) is 17.7 Å². The highest BCUT2D eigenvalue weighted by atomic mass is 35.5. The van der Waals surface area contributed by atoms with E-state index >= 15 is 0 Å². The van der Waals surface area contributed by atoms with Crippen LogP contribution >= 0.6 is 23.2 Å². The monoisotopic (exact) mass is 464 g/mol. The number of carbonyl (C=O) groups is 1. The van der Waals surface area contributed by atoms with Crippen LogP contribution in [0.1, 0.15) is 0 Å². The van der Waals surface area contributed by atoms with Crippen LogP contribution in [0, 0.1) is 0 Å². The van der Waals surface area contributed by atoms with Crippen LogP contribution in [0.25, 0.3) is 0 Å². The van der Waals surface area contributed by atoms with Gasteiger partial charge in [-0.15, -0.1) is 0 Å². The second kappa shape index (κ2) is 9.38. The molecule has 0 aliphatic rings. The van der Waals surface area contributed by atoms with Gasteiger partial charge in [0.2, 0.25) is 5.91 Å². The van der Waals surface area contributed by atoms with Crippen LogP contribution in [0.4, 0.5) is 11.4 Å². The van der Waals surface area contributed by atoms with Gasteiger partial charge in [0, 0.05) is 15.7 Å². The van der Waals surface area contributed by atoms with Crippen molar-refractivity contribution in [3.63, 3.8) is 0 Å². The molecule has 0 aromatic heterocycles. The van der Waals surface area contributed by atoms with Gasteiger partial charge in [0.15, 0.2) is 0 Å². The summed E-state index contributed by atoms with van der Waals surface area (Å²) in [5, 5.41) is 3.18. The minimum Gasteiger partial charge on any atom is -0.497 e. The number of halogens is 2. The lowest BCUT2D eigenvalue weighted by atomic mass is 10.3. The number of carbonyl (C=O) groups excluding carboxylic acids is 1. The predicted molar refractivity (Wildman–Crippen MR) is 119 cm³/mol. The molecule has 0 bridgehead atoms. The van der Waals surface area contributed by atoms with Crippen LogP contribution in [-0.2, 0) is 14.8 Å². The molecule has 0 heterocycles. The number of rotatable bonds is 7. The molecule has 30 heavy (non-hydrogen) atoms. The van der Waals surface area contributed by atoms with Crippen LogP contribution in [-0.4, -0.2) is 28.0 Å². The van der Waals surface area contributed by atoms with Gasteiger partial charge in [-0.25, -0.2) is 8.42 Å². The zero-order valence-corrected chi connectivity index (χ0v) is 18.2. The molecule has 0 saturated carbocycles. The van der Waals surface area contributed by atoms with Crippen LogP contribution in [0.5, 0.6) is 5.75 Å². The van der Waals surface area contributed by atoms with E-state index in [1.165, 1.54) is 37.4 Å². The zero-order chi connectivity index (χ0) is 21.7. The van der Waals surface area contributed by atoms with Crippen molar-refractivity contribution in [2.75, 3.05) is 23.3 Å². The molecule has 3 aromatic carbocycles. The number of methoxy groups -OCH3 is 1. The number of anilines is 2. The molecule has 1 N–H and O–H groups in total. The molecule has 0 saturated heterocycles. The molecule has 9 heteroatoms. The van der Waals surface area contributed by atoms with E-state index in [9.17, 15) is 13.2 Å². The van der Waals surface area contributed by atoms with E-state index in [1.54, 1.807) is 42.5 Å². The van der Waals surface area contributed by atoms with Gasteiger partial charge in [-0.1, -0.05) is 41.4 Å². The summed E-state index contributed by atoms with van der Waals surface area (Å²) in [6.07, 6.45) is 0. The van der Waals surface area contributed by atoms with Gasteiger partial charge in [-0.05, 0) is 54.6 Å². The smallest absolute Gasteiger partial charge is 0.264 e. The highest BCUT2D eigenvalue weighted by Gasteiger charge is 2.27. The lowest BCUT2D eigenvalue weighted by molar-refractivity contribution is -0.114. The van der Waals surface area contributed by atoms with Gasteiger partial charge in [0.1, 0.15) is 12.3 Å². The minimum absolute atomic E-state index is 0.0401. The van der Waals surface area contributed by atoms with E-state index in [-0.39, 0.29) is 20.6 Å². The maximum atomic E-state index is 13.3. The van der Waals surface area contributed by atoms with E-state index in [0.29, 0.717) is 11.4 Å². The fraction of sp³-hybridized carbons (Fsp3) is 0.0952. The number of hydrogen-bond donors (Lipinski definition) is 1. The molecule has 0 radical (unpaired) electrons. The Morgan fingerprint density at radius 1 is 0.967 bits per heavy atom. The Morgan fingerprint density at radius 3 is 2.13 bits per heavy atom. The fourth-order valence-corrected chi connectivity index (χ4v) is 4.66. The Balaban J connectivity index is 1.93. The van der Waals surface area contributed by atoms with Crippen molar-refractivity contribution in [3.05, 3.63) is 82.8 Å². The lowest BCUT2D eigenvalue weighted by Gasteiger charge is -2.24. The molecule has 0 spiro atoms. The summed E-state index contributed by atoms with van der Waals surface area (Å²) in [4.78, 5) is 12.7. The molecule has 0 unspecified atom stereocenters. The summed E-state index contributed by atoms with van der Waals surface area (Å²) in [5.41, 5.74) is 0.684. The minimum atomic E-state index is -4.05. The van der Waals surface area contributed by atoms with Crippen molar-refractivity contribution in [1.29, 1.82) is 0 Å². The largest absolute Gasteiger partial charge is 0.497 e. The van der Waals surface area contributed by atoms with Crippen molar-refractivity contribution < 1.29 is 17.9 Å². The Kier molecular flexibility index (Phi) is 6.87. The van der Waals surface area contributed by atoms with Gasteiger partial charge < -0.3 is 10.1 Å². The first kappa shape index (κ1) is 22.0. The summed E-state index contributed by atoms with van der Waals surface area (Å²) in [6.45, 7) is -0.472. The molecule has 0 aliphatic heterocycles. The summed E-state index contributed by atoms with van der Waals surface area (Å²) >= 11 is 12.1. The average Bonchev–Trinajstić information content (AvgIpc) is 2.72. The van der Waals surface area contributed by atoms with Gasteiger partial charge in [0.25, 0.3) is 10.0 Å². The maximum Gasteiger partial charge on any atom is 0.264 e. The number of nitrogens with one attached hydrogen (secondary N) is 1. The fourth-order valence-electron chi connectivity index (χ4n) is 2.72. The zero-order valence-electron chi connectivity index (χ0n) is 15.9. The highest BCUT2D eigenvalue weighted by Crippen LogP contribution is 2.29. The SMILES string of the molecule is COc1ccc(NC(=O)CN(c2cc(Cl)cc(Cl)c2)S(=O)(=O)c2ccccc2)cc1. The Hall–Kier alpha value is -2.74. The molecule has 156 valence electrons. The first-order chi connectivity index (χ1) is 14.3. The van der Waals surface area contributed by atoms with Crippen molar-refractivity contribution in [2.45, 2.75) is 4.90 Å². The lowest BCUT2D eigenvalue weighted by Crippen LogP contribution is -2.38. The summed E-state index contributed by atoms with van der Waals surface area (Å²) < 4.78 is 32.6. The summed E-state index contributed by atoms with van der Waals surface area (Å²) in [5.74, 6) is 0.102. The van der Waals surface area contributed by atoms with E-state index in [2.05, 4.69) is 5.32 Å². The number of hydrogen-bond acceptors (Lipinski definition) is 4.